The summed E-state index contributed by atoms with van der Waals surface area (Å²) in [7, 11) is 0. The Kier molecular flexibility index (Phi) is 5.98. The fourth-order valence-corrected chi connectivity index (χ4v) is 3.91. The van der Waals surface area contributed by atoms with E-state index in [-0.39, 0.29) is 23.7 Å². The molecule has 0 aromatic heterocycles. The van der Waals surface area contributed by atoms with E-state index in [9.17, 15) is 9.59 Å². The Hall–Kier alpha value is -3.02. The van der Waals surface area contributed by atoms with Crippen molar-refractivity contribution in [3.05, 3.63) is 54.1 Å². The Labute approximate surface area is 170 Å². The van der Waals surface area contributed by atoms with Crippen LogP contribution >= 0.6 is 0 Å². The minimum atomic E-state index is -0.0682. The van der Waals surface area contributed by atoms with Crippen LogP contribution in [0, 0.1) is 11.8 Å². The van der Waals surface area contributed by atoms with Crippen LogP contribution < -0.4 is 20.1 Å². The Morgan fingerprint density at radius 3 is 2.21 bits per heavy atom. The highest BCUT2D eigenvalue weighted by Crippen LogP contribution is 2.34. The molecule has 0 atom stereocenters. The van der Waals surface area contributed by atoms with Gasteiger partial charge in [-0.15, -0.1) is 0 Å². The molecule has 0 spiro atoms. The van der Waals surface area contributed by atoms with Gasteiger partial charge in [0.25, 0.3) is 0 Å². The van der Waals surface area contributed by atoms with E-state index in [0.717, 1.165) is 31.2 Å². The SMILES string of the molecule is O=C(NCc1ccccc1)C1CCC(C(=O)Nc2ccc3c(c2)OCCO3)CC1. The summed E-state index contributed by atoms with van der Waals surface area (Å²) >= 11 is 0. The van der Waals surface area contributed by atoms with Gasteiger partial charge in [0.05, 0.1) is 0 Å². The summed E-state index contributed by atoms with van der Waals surface area (Å²) in [6, 6.07) is 15.3. The van der Waals surface area contributed by atoms with Crippen LogP contribution in [-0.2, 0) is 16.1 Å². The van der Waals surface area contributed by atoms with Crippen molar-refractivity contribution in [3.63, 3.8) is 0 Å². The third kappa shape index (κ3) is 4.88. The first-order valence-corrected chi connectivity index (χ1v) is 10.2. The van der Waals surface area contributed by atoms with Crippen molar-refractivity contribution >= 4 is 17.5 Å². The second kappa shape index (κ2) is 8.99. The van der Waals surface area contributed by atoms with Gasteiger partial charge in [-0.1, -0.05) is 30.3 Å². The van der Waals surface area contributed by atoms with E-state index >= 15 is 0 Å². The molecule has 2 aromatic carbocycles. The number of nitrogens with one attached hydrogen (secondary N) is 2. The van der Waals surface area contributed by atoms with E-state index in [1.165, 1.54) is 0 Å². The lowest BCUT2D eigenvalue weighted by Gasteiger charge is -2.27. The largest absolute Gasteiger partial charge is 0.486 e. The molecular weight excluding hydrogens is 368 g/mol. The zero-order valence-corrected chi connectivity index (χ0v) is 16.4. The molecule has 1 heterocycles. The van der Waals surface area contributed by atoms with Crippen LogP contribution in [0.2, 0.25) is 0 Å². The van der Waals surface area contributed by atoms with Gasteiger partial charge in [-0.3, -0.25) is 9.59 Å². The predicted octanol–water partition coefficient (Wildman–Crippen LogP) is 3.52. The maximum absolute atomic E-state index is 12.6. The lowest BCUT2D eigenvalue weighted by molar-refractivity contribution is -0.128. The standard InChI is InChI=1S/C23H26N2O4/c26-22(24-15-16-4-2-1-3-5-16)17-6-8-18(9-7-17)23(27)25-19-10-11-20-21(14-19)29-13-12-28-20/h1-5,10-11,14,17-18H,6-9,12-13,15H2,(H,24,26)(H,25,27). The molecule has 0 saturated heterocycles. The third-order valence-electron chi connectivity index (χ3n) is 5.59. The van der Waals surface area contributed by atoms with E-state index in [2.05, 4.69) is 10.6 Å². The van der Waals surface area contributed by atoms with E-state index in [0.29, 0.717) is 36.9 Å². The normalized spacial score (nSPS) is 20.6. The monoisotopic (exact) mass is 394 g/mol. The summed E-state index contributed by atoms with van der Waals surface area (Å²) < 4.78 is 11.1. The fourth-order valence-electron chi connectivity index (χ4n) is 3.91. The van der Waals surface area contributed by atoms with Crippen molar-refractivity contribution in [1.29, 1.82) is 0 Å². The Balaban J connectivity index is 1.24. The third-order valence-corrected chi connectivity index (χ3v) is 5.59. The minimum Gasteiger partial charge on any atom is -0.486 e. The molecule has 0 radical (unpaired) electrons. The van der Waals surface area contributed by atoms with Gasteiger partial charge in [-0.05, 0) is 43.4 Å². The summed E-state index contributed by atoms with van der Waals surface area (Å²) in [6.45, 7) is 1.60. The summed E-state index contributed by atoms with van der Waals surface area (Å²) in [4.78, 5) is 25.1. The lowest BCUT2D eigenvalue weighted by atomic mass is 9.81. The number of ether oxygens (including phenoxy) is 2. The number of anilines is 1. The predicted molar refractivity (Wildman–Crippen MR) is 110 cm³/mol. The van der Waals surface area contributed by atoms with Crippen LogP contribution in [0.5, 0.6) is 11.5 Å². The molecule has 29 heavy (non-hydrogen) atoms. The number of hydrogen-bond acceptors (Lipinski definition) is 4. The summed E-state index contributed by atoms with van der Waals surface area (Å²) in [5.74, 6) is 1.37. The molecule has 2 aromatic rings. The van der Waals surface area contributed by atoms with E-state index < -0.39 is 0 Å². The van der Waals surface area contributed by atoms with Crippen LogP contribution in [0.25, 0.3) is 0 Å². The van der Waals surface area contributed by atoms with Crippen molar-refractivity contribution in [3.8, 4) is 11.5 Å². The first-order valence-electron chi connectivity index (χ1n) is 10.2. The van der Waals surface area contributed by atoms with Gasteiger partial charge in [0.15, 0.2) is 11.5 Å². The van der Waals surface area contributed by atoms with E-state index in [1.807, 2.05) is 42.5 Å². The van der Waals surface area contributed by atoms with Crippen molar-refractivity contribution < 1.29 is 19.1 Å². The van der Waals surface area contributed by atoms with Gasteiger partial charge in [-0.25, -0.2) is 0 Å². The van der Waals surface area contributed by atoms with Crippen molar-refractivity contribution in [2.24, 2.45) is 11.8 Å². The maximum atomic E-state index is 12.6. The molecule has 2 amide bonds. The van der Waals surface area contributed by atoms with Crippen molar-refractivity contribution in [2.75, 3.05) is 18.5 Å². The van der Waals surface area contributed by atoms with E-state index in [4.69, 9.17) is 9.47 Å². The molecule has 0 bridgehead atoms. The zero-order valence-electron chi connectivity index (χ0n) is 16.4. The number of fused-ring (bicyclic) bond motifs is 1. The molecule has 1 aliphatic carbocycles. The quantitative estimate of drug-likeness (QED) is 0.814. The molecule has 1 aliphatic heterocycles. The van der Waals surface area contributed by atoms with Gasteiger partial charge < -0.3 is 20.1 Å². The van der Waals surface area contributed by atoms with Crippen LogP contribution in [-0.4, -0.2) is 25.0 Å². The van der Waals surface area contributed by atoms with Gasteiger partial charge in [0, 0.05) is 30.1 Å². The molecule has 1 fully saturated rings. The molecule has 6 heteroatoms. The second-order valence-corrected chi connectivity index (χ2v) is 7.60. The molecule has 1 saturated carbocycles. The number of carbonyl (C=O) groups excluding carboxylic acids is 2. The Morgan fingerprint density at radius 2 is 1.48 bits per heavy atom. The number of hydrogen-bond donors (Lipinski definition) is 2. The van der Waals surface area contributed by atoms with Crippen molar-refractivity contribution in [1.82, 2.24) is 5.32 Å². The van der Waals surface area contributed by atoms with Gasteiger partial charge in [0.2, 0.25) is 11.8 Å². The first kappa shape index (κ1) is 19.3. The van der Waals surface area contributed by atoms with Crippen molar-refractivity contribution in [2.45, 2.75) is 32.2 Å². The molecule has 4 rings (SSSR count). The first-order chi connectivity index (χ1) is 14.2. The van der Waals surface area contributed by atoms with Gasteiger partial charge >= 0.3 is 0 Å². The average molecular weight is 394 g/mol. The summed E-state index contributed by atoms with van der Waals surface area (Å²) in [5.41, 5.74) is 1.80. The summed E-state index contributed by atoms with van der Waals surface area (Å²) in [6.07, 6.45) is 2.92. The number of benzene rings is 2. The molecule has 2 aliphatic rings. The lowest BCUT2D eigenvalue weighted by Crippen LogP contribution is -2.35. The topological polar surface area (TPSA) is 76.7 Å². The second-order valence-electron chi connectivity index (χ2n) is 7.60. The number of amides is 2. The van der Waals surface area contributed by atoms with Crippen LogP contribution in [0.1, 0.15) is 31.2 Å². The average Bonchev–Trinajstić information content (AvgIpc) is 2.78. The Morgan fingerprint density at radius 1 is 0.828 bits per heavy atom. The van der Waals surface area contributed by atoms with Crippen LogP contribution in [0.15, 0.2) is 48.5 Å². The van der Waals surface area contributed by atoms with Crippen LogP contribution in [0.4, 0.5) is 5.69 Å². The minimum absolute atomic E-state index is 0.00446. The Bertz CT molecular complexity index is 860. The highest BCUT2D eigenvalue weighted by Gasteiger charge is 2.30. The van der Waals surface area contributed by atoms with Crippen LogP contribution in [0.3, 0.4) is 0 Å². The number of carbonyl (C=O) groups is 2. The van der Waals surface area contributed by atoms with Gasteiger partial charge in [-0.2, -0.15) is 0 Å². The highest BCUT2D eigenvalue weighted by molar-refractivity contribution is 5.93. The zero-order chi connectivity index (χ0) is 20.1. The van der Waals surface area contributed by atoms with Gasteiger partial charge in [0.1, 0.15) is 13.2 Å². The fraction of sp³-hybridized carbons (Fsp3) is 0.391. The molecular formula is C23H26N2O4. The van der Waals surface area contributed by atoms with E-state index in [1.54, 1.807) is 6.07 Å². The molecule has 0 unspecified atom stereocenters. The number of rotatable bonds is 5. The highest BCUT2D eigenvalue weighted by atomic mass is 16.6. The molecule has 2 N–H and O–H groups in total. The summed E-state index contributed by atoms with van der Waals surface area (Å²) in [5, 5.41) is 5.99. The molecule has 6 nitrogen and oxygen atoms in total. The smallest absolute Gasteiger partial charge is 0.227 e. The molecule has 152 valence electrons. The maximum Gasteiger partial charge on any atom is 0.227 e.